The predicted molar refractivity (Wildman–Crippen MR) is 61.0 cm³/mol. The predicted octanol–water partition coefficient (Wildman–Crippen LogP) is 2.29. The van der Waals surface area contributed by atoms with Crippen molar-refractivity contribution in [2.75, 3.05) is 25.6 Å². The van der Waals surface area contributed by atoms with Gasteiger partial charge in [-0.15, -0.1) is 0 Å². The van der Waals surface area contributed by atoms with Crippen molar-refractivity contribution in [3.63, 3.8) is 0 Å². The highest BCUT2D eigenvalue weighted by atomic mass is 16.5. The van der Waals surface area contributed by atoms with E-state index in [1.807, 2.05) is 38.2 Å². The van der Waals surface area contributed by atoms with Crippen LogP contribution in [0.5, 0.6) is 5.75 Å². The first-order chi connectivity index (χ1) is 7.17. The van der Waals surface area contributed by atoms with E-state index in [0.29, 0.717) is 0 Å². The van der Waals surface area contributed by atoms with Gasteiger partial charge >= 0.3 is 0 Å². The summed E-state index contributed by atoms with van der Waals surface area (Å²) in [7, 11) is 3.62. The van der Waals surface area contributed by atoms with Crippen LogP contribution in [0.15, 0.2) is 24.3 Å². The number of hydrogen-bond donors (Lipinski definition) is 0. The average Bonchev–Trinajstić information content (AvgIpc) is 2.28. The lowest BCUT2D eigenvalue weighted by molar-refractivity contribution is 0.415. The van der Waals surface area contributed by atoms with Crippen molar-refractivity contribution in [1.82, 2.24) is 0 Å². The number of hydrogen-bond acceptors (Lipinski definition) is 3. The standard InChI is InChI=1S/C12H16N2O/c1-10(8-13)9-14(2)11-5-4-6-12(7-11)15-3/h4-7,10H,9H2,1-3H3. The van der Waals surface area contributed by atoms with E-state index in [1.54, 1.807) is 7.11 Å². The van der Waals surface area contributed by atoms with Crippen LogP contribution < -0.4 is 9.64 Å². The molecule has 0 spiro atoms. The molecule has 0 aliphatic carbocycles. The second kappa shape index (κ2) is 5.26. The molecule has 3 heteroatoms. The smallest absolute Gasteiger partial charge is 0.120 e. The maximum Gasteiger partial charge on any atom is 0.120 e. The van der Waals surface area contributed by atoms with Gasteiger partial charge in [-0.05, 0) is 19.1 Å². The molecule has 1 rings (SSSR count). The van der Waals surface area contributed by atoms with E-state index in [4.69, 9.17) is 10.00 Å². The molecule has 0 amide bonds. The van der Waals surface area contributed by atoms with Gasteiger partial charge in [0.25, 0.3) is 0 Å². The Hall–Kier alpha value is -1.69. The Morgan fingerprint density at radius 3 is 2.87 bits per heavy atom. The van der Waals surface area contributed by atoms with Crippen molar-refractivity contribution < 1.29 is 4.74 Å². The number of anilines is 1. The van der Waals surface area contributed by atoms with Gasteiger partial charge in [0.2, 0.25) is 0 Å². The molecular formula is C12H16N2O. The Labute approximate surface area is 90.9 Å². The minimum atomic E-state index is 0.0289. The van der Waals surface area contributed by atoms with E-state index in [0.717, 1.165) is 18.0 Å². The van der Waals surface area contributed by atoms with Gasteiger partial charge in [-0.2, -0.15) is 5.26 Å². The summed E-state index contributed by atoms with van der Waals surface area (Å²) in [5.41, 5.74) is 1.07. The molecule has 0 heterocycles. The van der Waals surface area contributed by atoms with E-state index in [9.17, 15) is 0 Å². The summed E-state index contributed by atoms with van der Waals surface area (Å²) in [5, 5.41) is 8.73. The third kappa shape index (κ3) is 3.17. The summed E-state index contributed by atoms with van der Waals surface area (Å²) in [6, 6.07) is 10.0. The topological polar surface area (TPSA) is 36.3 Å². The Bertz CT molecular complexity index is 357. The Kier molecular flexibility index (Phi) is 3.99. The molecule has 1 aromatic rings. The maximum absolute atomic E-state index is 8.73. The normalized spacial score (nSPS) is 11.6. The highest BCUT2D eigenvalue weighted by Gasteiger charge is 2.06. The van der Waals surface area contributed by atoms with Crippen molar-refractivity contribution in [3.05, 3.63) is 24.3 Å². The molecule has 0 aliphatic rings. The van der Waals surface area contributed by atoms with Crippen LogP contribution in [-0.2, 0) is 0 Å². The lowest BCUT2D eigenvalue weighted by Gasteiger charge is -2.20. The van der Waals surface area contributed by atoms with Crippen molar-refractivity contribution in [1.29, 1.82) is 5.26 Å². The molecule has 0 N–H and O–H groups in total. The fourth-order valence-corrected chi connectivity index (χ4v) is 1.40. The van der Waals surface area contributed by atoms with Crippen molar-refractivity contribution in [2.24, 2.45) is 5.92 Å². The van der Waals surface area contributed by atoms with E-state index in [-0.39, 0.29) is 5.92 Å². The van der Waals surface area contributed by atoms with Crippen LogP contribution in [0, 0.1) is 17.2 Å². The van der Waals surface area contributed by atoms with E-state index >= 15 is 0 Å². The van der Waals surface area contributed by atoms with Crippen molar-refractivity contribution >= 4 is 5.69 Å². The van der Waals surface area contributed by atoms with E-state index in [2.05, 4.69) is 11.0 Å². The first-order valence-corrected chi connectivity index (χ1v) is 4.92. The lowest BCUT2D eigenvalue weighted by Crippen LogP contribution is -2.23. The fraction of sp³-hybridized carbons (Fsp3) is 0.417. The maximum atomic E-state index is 8.73. The molecule has 0 fully saturated rings. The molecule has 0 saturated carbocycles. The number of nitrogens with zero attached hydrogens (tertiary/aromatic N) is 2. The molecule has 80 valence electrons. The Morgan fingerprint density at radius 1 is 1.53 bits per heavy atom. The van der Waals surface area contributed by atoms with E-state index in [1.165, 1.54) is 0 Å². The van der Waals surface area contributed by atoms with Crippen LogP contribution in [0.25, 0.3) is 0 Å². The largest absolute Gasteiger partial charge is 0.497 e. The fourth-order valence-electron chi connectivity index (χ4n) is 1.40. The second-order valence-electron chi connectivity index (χ2n) is 3.61. The summed E-state index contributed by atoms with van der Waals surface area (Å²) in [6.07, 6.45) is 0. The molecule has 0 saturated heterocycles. The first kappa shape index (κ1) is 11.4. The average molecular weight is 204 g/mol. The highest BCUT2D eigenvalue weighted by molar-refractivity contribution is 5.50. The molecule has 1 unspecified atom stereocenters. The molecule has 3 nitrogen and oxygen atoms in total. The molecule has 0 radical (unpaired) electrons. The Balaban J connectivity index is 2.73. The highest BCUT2D eigenvalue weighted by Crippen LogP contribution is 2.20. The molecule has 0 aliphatic heterocycles. The van der Waals surface area contributed by atoms with Gasteiger partial charge in [-0.25, -0.2) is 0 Å². The lowest BCUT2D eigenvalue weighted by atomic mass is 10.2. The molecule has 0 aromatic heterocycles. The zero-order chi connectivity index (χ0) is 11.3. The van der Waals surface area contributed by atoms with Crippen LogP contribution >= 0.6 is 0 Å². The number of nitriles is 1. The van der Waals surface area contributed by atoms with Crippen molar-refractivity contribution in [3.8, 4) is 11.8 Å². The van der Waals surface area contributed by atoms with Crippen LogP contribution in [0.3, 0.4) is 0 Å². The Morgan fingerprint density at radius 2 is 2.27 bits per heavy atom. The first-order valence-electron chi connectivity index (χ1n) is 4.92. The monoisotopic (exact) mass is 204 g/mol. The summed E-state index contributed by atoms with van der Waals surface area (Å²) >= 11 is 0. The number of ether oxygens (including phenoxy) is 1. The van der Waals surface area contributed by atoms with Gasteiger partial charge in [-0.3, -0.25) is 0 Å². The SMILES string of the molecule is COc1cccc(N(C)CC(C)C#N)c1. The summed E-state index contributed by atoms with van der Waals surface area (Å²) < 4.78 is 5.14. The summed E-state index contributed by atoms with van der Waals surface area (Å²) in [4.78, 5) is 2.05. The summed E-state index contributed by atoms with van der Waals surface area (Å²) in [5.74, 6) is 0.866. The molecular weight excluding hydrogens is 188 g/mol. The van der Waals surface area contributed by atoms with Crippen molar-refractivity contribution in [2.45, 2.75) is 6.92 Å². The number of benzene rings is 1. The third-order valence-electron chi connectivity index (χ3n) is 2.26. The minimum absolute atomic E-state index is 0.0289. The van der Waals surface area contributed by atoms with Gasteiger partial charge in [0.15, 0.2) is 0 Å². The minimum Gasteiger partial charge on any atom is -0.497 e. The molecule has 15 heavy (non-hydrogen) atoms. The summed E-state index contributed by atoms with van der Waals surface area (Å²) in [6.45, 7) is 2.64. The van der Waals surface area contributed by atoms with Gasteiger partial charge in [-0.1, -0.05) is 6.07 Å². The third-order valence-corrected chi connectivity index (χ3v) is 2.26. The molecule has 1 aromatic carbocycles. The second-order valence-corrected chi connectivity index (χ2v) is 3.61. The van der Waals surface area contributed by atoms with Gasteiger partial charge in [0.1, 0.15) is 5.75 Å². The van der Waals surface area contributed by atoms with Gasteiger partial charge in [0, 0.05) is 25.3 Å². The quantitative estimate of drug-likeness (QED) is 0.755. The molecule has 1 atom stereocenters. The van der Waals surface area contributed by atoms with Crippen LogP contribution in [0.4, 0.5) is 5.69 Å². The van der Waals surface area contributed by atoms with Crippen LogP contribution in [0.2, 0.25) is 0 Å². The van der Waals surface area contributed by atoms with E-state index < -0.39 is 0 Å². The number of rotatable bonds is 4. The van der Waals surface area contributed by atoms with Crippen LogP contribution in [0.1, 0.15) is 6.92 Å². The van der Waals surface area contributed by atoms with Crippen LogP contribution in [-0.4, -0.2) is 20.7 Å². The van der Waals surface area contributed by atoms with Gasteiger partial charge in [0.05, 0.1) is 19.1 Å². The van der Waals surface area contributed by atoms with Gasteiger partial charge < -0.3 is 9.64 Å². The molecule has 0 bridgehead atoms. The zero-order valence-electron chi connectivity index (χ0n) is 9.40. The zero-order valence-corrected chi connectivity index (χ0v) is 9.40. The number of methoxy groups -OCH3 is 1.